The quantitative estimate of drug-likeness (QED) is 0.812. The Hall–Kier alpha value is -2.47. The Kier molecular flexibility index (Phi) is 6.26. The molecule has 6 heteroatoms. The highest BCUT2D eigenvalue weighted by atomic mass is 19.1. The maximum atomic E-state index is 13.7. The second-order valence-corrected chi connectivity index (χ2v) is 5.52. The summed E-state index contributed by atoms with van der Waals surface area (Å²) in [6.45, 7) is 2.34. The minimum absolute atomic E-state index is 0.153. The van der Waals surface area contributed by atoms with E-state index in [1.807, 2.05) is 24.3 Å². The summed E-state index contributed by atoms with van der Waals surface area (Å²) in [7, 11) is 1.59. The zero-order valence-corrected chi connectivity index (χ0v) is 13.7. The molecule has 0 aliphatic heterocycles. The van der Waals surface area contributed by atoms with Crippen molar-refractivity contribution in [3.8, 4) is 5.75 Å². The van der Waals surface area contributed by atoms with Crippen LogP contribution in [0.2, 0.25) is 0 Å². The minimum Gasteiger partial charge on any atom is -0.497 e. The summed E-state index contributed by atoms with van der Waals surface area (Å²) in [6, 6.07) is 10.6. The van der Waals surface area contributed by atoms with Crippen LogP contribution in [0.4, 0.5) is 8.78 Å². The standard InChI is InChI=1S/C18H20F2N2O2/c1-12(16-8-5-14(19)9-17(16)20)21-11-18(23)22-10-13-3-6-15(24-2)7-4-13/h3-9,12,21H,10-11H2,1-2H3,(H,22,23)/p+1/t12-/m0/s1. The number of carbonyl (C=O) groups excluding carboxylic acids is 1. The average Bonchev–Trinajstić information content (AvgIpc) is 2.58. The number of nitrogens with two attached hydrogens (primary N) is 1. The SMILES string of the molecule is COc1ccc(CNC(=O)C[NH2+][C@@H](C)c2ccc(F)cc2F)cc1. The predicted octanol–water partition coefficient (Wildman–Crippen LogP) is 1.91. The smallest absolute Gasteiger partial charge is 0.275 e. The van der Waals surface area contributed by atoms with Crippen LogP contribution in [0.5, 0.6) is 5.75 Å². The van der Waals surface area contributed by atoms with Gasteiger partial charge in [0.05, 0.1) is 7.11 Å². The van der Waals surface area contributed by atoms with Gasteiger partial charge < -0.3 is 15.4 Å². The lowest BCUT2D eigenvalue weighted by Gasteiger charge is -2.12. The first-order chi connectivity index (χ1) is 11.5. The van der Waals surface area contributed by atoms with Crippen LogP contribution < -0.4 is 15.4 Å². The van der Waals surface area contributed by atoms with E-state index >= 15 is 0 Å². The van der Waals surface area contributed by atoms with E-state index in [9.17, 15) is 13.6 Å². The molecule has 0 spiro atoms. The summed E-state index contributed by atoms with van der Waals surface area (Å²) in [5, 5.41) is 4.51. The molecule has 1 amide bonds. The summed E-state index contributed by atoms with van der Waals surface area (Å²) in [5.41, 5.74) is 1.33. The number of rotatable bonds is 7. The van der Waals surface area contributed by atoms with Crippen molar-refractivity contribution >= 4 is 5.91 Å². The molecule has 0 fully saturated rings. The molecule has 0 aliphatic carbocycles. The highest BCUT2D eigenvalue weighted by molar-refractivity contribution is 5.76. The van der Waals surface area contributed by atoms with Gasteiger partial charge in [0.15, 0.2) is 6.54 Å². The average molecular weight is 335 g/mol. The summed E-state index contributed by atoms with van der Waals surface area (Å²) in [5.74, 6) is -0.605. The Balaban J connectivity index is 1.79. The van der Waals surface area contributed by atoms with E-state index < -0.39 is 11.6 Å². The molecule has 2 aromatic rings. The van der Waals surface area contributed by atoms with Crippen LogP contribution in [0.3, 0.4) is 0 Å². The molecule has 2 aromatic carbocycles. The zero-order valence-electron chi connectivity index (χ0n) is 13.7. The fourth-order valence-corrected chi connectivity index (χ4v) is 2.30. The number of benzene rings is 2. The van der Waals surface area contributed by atoms with E-state index in [0.29, 0.717) is 12.1 Å². The Morgan fingerprint density at radius 1 is 1.21 bits per heavy atom. The molecule has 0 saturated heterocycles. The van der Waals surface area contributed by atoms with Gasteiger partial charge >= 0.3 is 0 Å². The molecule has 24 heavy (non-hydrogen) atoms. The summed E-state index contributed by atoms with van der Waals surface area (Å²) >= 11 is 0. The van der Waals surface area contributed by atoms with Gasteiger partial charge in [-0.15, -0.1) is 0 Å². The van der Waals surface area contributed by atoms with Crippen LogP contribution in [-0.4, -0.2) is 19.6 Å². The van der Waals surface area contributed by atoms with Crippen molar-refractivity contribution in [3.63, 3.8) is 0 Å². The van der Waals surface area contributed by atoms with Crippen molar-refractivity contribution in [2.24, 2.45) is 0 Å². The normalized spacial score (nSPS) is 11.8. The Bertz CT molecular complexity index is 690. The van der Waals surface area contributed by atoms with Gasteiger partial charge in [-0.1, -0.05) is 12.1 Å². The molecule has 0 heterocycles. The van der Waals surface area contributed by atoms with Gasteiger partial charge in [-0.3, -0.25) is 4.79 Å². The lowest BCUT2D eigenvalue weighted by atomic mass is 10.1. The van der Waals surface area contributed by atoms with E-state index in [0.717, 1.165) is 17.4 Å². The highest BCUT2D eigenvalue weighted by Gasteiger charge is 2.15. The van der Waals surface area contributed by atoms with Gasteiger partial charge in [0, 0.05) is 18.2 Å². The number of ether oxygens (including phenoxy) is 1. The van der Waals surface area contributed by atoms with E-state index in [4.69, 9.17) is 4.74 Å². The van der Waals surface area contributed by atoms with Crippen LogP contribution in [0.1, 0.15) is 24.1 Å². The van der Waals surface area contributed by atoms with Gasteiger partial charge in [-0.25, -0.2) is 8.78 Å². The number of amides is 1. The van der Waals surface area contributed by atoms with Crippen molar-refractivity contribution in [2.45, 2.75) is 19.5 Å². The third-order valence-electron chi connectivity index (χ3n) is 3.76. The van der Waals surface area contributed by atoms with Crippen molar-refractivity contribution in [1.29, 1.82) is 0 Å². The van der Waals surface area contributed by atoms with E-state index in [-0.39, 0.29) is 18.5 Å². The molecule has 3 N–H and O–H groups in total. The Labute approximate surface area is 139 Å². The molecule has 0 aromatic heterocycles. The lowest BCUT2D eigenvalue weighted by molar-refractivity contribution is -0.682. The van der Waals surface area contributed by atoms with E-state index in [1.165, 1.54) is 12.1 Å². The molecule has 0 bridgehead atoms. The van der Waals surface area contributed by atoms with Crippen molar-refractivity contribution in [2.75, 3.05) is 13.7 Å². The van der Waals surface area contributed by atoms with Crippen LogP contribution in [0.25, 0.3) is 0 Å². The first-order valence-electron chi connectivity index (χ1n) is 7.67. The van der Waals surface area contributed by atoms with Gasteiger partial charge in [0.1, 0.15) is 23.4 Å². The van der Waals surface area contributed by atoms with Gasteiger partial charge in [-0.05, 0) is 36.8 Å². The molecule has 2 rings (SSSR count). The van der Waals surface area contributed by atoms with Crippen molar-refractivity contribution < 1.29 is 23.6 Å². The maximum absolute atomic E-state index is 13.7. The fourth-order valence-electron chi connectivity index (χ4n) is 2.30. The molecule has 0 unspecified atom stereocenters. The van der Waals surface area contributed by atoms with E-state index in [2.05, 4.69) is 5.32 Å². The third kappa shape index (κ3) is 5.03. The molecule has 0 saturated carbocycles. The van der Waals surface area contributed by atoms with Crippen LogP contribution in [-0.2, 0) is 11.3 Å². The highest BCUT2D eigenvalue weighted by Crippen LogP contribution is 2.14. The van der Waals surface area contributed by atoms with Crippen LogP contribution >= 0.6 is 0 Å². The summed E-state index contributed by atoms with van der Waals surface area (Å²) in [4.78, 5) is 11.9. The second-order valence-electron chi connectivity index (χ2n) is 5.52. The first kappa shape index (κ1) is 17.9. The van der Waals surface area contributed by atoms with E-state index in [1.54, 1.807) is 19.4 Å². The minimum atomic E-state index is -0.610. The molecule has 128 valence electrons. The maximum Gasteiger partial charge on any atom is 0.275 e. The Morgan fingerprint density at radius 2 is 1.92 bits per heavy atom. The third-order valence-corrected chi connectivity index (χ3v) is 3.76. The first-order valence-corrected chi connectivity index (χ1v) is 7.67. The van der Waals surface area contributed by atoms with Crippen molar-refractivity contribution in [3.05, 3.63) is 65.2 Å². The molecule has 0 radical (unpaired) electrons. The molecular weight excluding hydrogens is 314 g/mol. The van der Waals surface area contributed by atoms with Crippen LogP contribution in [0.15, 0.2) is 42.5 Å². The van der Waals surface area contributed by atoms with Crippen LogP contribution in [0, 0.1) is 11.6 Å². The van der Waals surface area contributed by atoms with Gasteiger partial charge in [0.25, 0.3) is 5.91 Å². The number of carbonyl (C=O) groups is 1. The molecule has 1 atom stereocenters. The number of halogens is 2. The molecular formula is C18H21F2N2O2+. The number of hydrogen-bond donors (Lipinski definition) is 2. The van der Waals surface area contributed by atoms with Gasteiger partial charge in [-0.2, -0.15) is 0 Å². The van der Waals surface area contributed by atoms with Crippen molar-refractivity contribution in [1.82, 2.24) is 5.32 Å². The number of nitrogens with one attached hydrogen (secondary N) is 1. The summed E-state index contributed by atoms with van der Waals surface area (Å²) < 4.78 is 31.7. The predicted molar refractivity (Wildman–Crippen MR) is 86.4 cm³/mol. The second kappa shape index (κ2) is 8.40. The molecule has 4 nitrogen and oxygen atoms in total. The number of methoxy groups -OCH3 is 1. The largest absolute Gasteiger partial charge is 0.497 e. The molecule has 0 aliphatic rings. The topological polar surface area (TPSA) is 54.9 Å². The van der Waals surface area contributed by atoms with Gasteiger partial charge in [0.2, 0.25) is 0 Å². The monoisotopic (exact) mass is 335 g/mol. The summed E-state index contributed by atoms with van der Waals surface area (Å²) in [6.07, 6.45) is 0. The fraction of sp³-hybridized carbons (Fsp3) is 0.278. The lowest BCUT2D eigenvalue weighted by Crippen LogP contribution is -2.87. The Morgan fingerprint density at radius 3 is 2.54 bits per heavy atom. The number of hydrogen-bond acceptors (Lipinski definition) is 2. The zero-order chi connectivity index (χ0) is 17.5. The number of quaternary nitrogens is 1.